The Hall–Kier alpha value is -1.53. The first kappa shape index (κ1) is 15.9. The third-order valence-corrected chi connectivity index (χ3v) is 4.16. The summed E-state index contributed by atoms with van der Waals surface area (Å²) in [5.41, 5.74) is 0.677. The van der Waals surface area contributed by atoms with Gasteiger partial charge < -0.3 is 4.74 Å². The summed E-state index contributed by atoms with van der Waals surface area (Å²) in [4.78, 5) is 0. The van der Waals surface area contributed by atoms with E-state index in [9.17, 15) is 5.26 Å². The van der Waals surface area contributed by atoms with Crippen molar-refractivity contribution in [2.24, 2.45) is 5.92 Å². The molecule has 1 unspecified atom stereocenters. The maximum Gasteiger partial charge on any atom is 0.143 e. The molecule has 21 heavy (non-hydrogen) atoms. The summed E-state index contributed by atoms with van der Waals surface area (Å²) < 4.78 is 6.07. The molecule has 0 aliphatic heterocycles. The maximum atomic E-state index is 9.68. The monoisotopic (exact) mass is 286 g/mol. The molecule has 0 aromatic heterocycles. The van der Waals surface area contributed by atoms with Gasteiger partial charge in [0, 0.05) is 0 Å². The van der Waals surface area contributed by atoms with Gasteiger partial charge >= 0.3 is 0 Å². The van der Waals surface area contributed by atoms with Gasteiger partial charge in [0.1, 0.15) is 17.9 Å². The molecule has 0 spiro atoms. The van der Waals surface area contributed by atoms with Gasteiger partial charge in [-0.3, -0.25) is 5.32 Å². The summed E-state index contributed by atoms with van der Waals surface area (Å²) in [6.07, 6.45) is 3.28. The van der Waals surface area contributed by atoms with Crippen molar-refractivity contribution in [2.75, 3.05) is 13.2 Å². The summed E-state index contributed by atoms with van der Waals surface area (Å²) in [7, 11) is 0. The third-order valence-electron chi connectivity index (χ3n) is 4.16. The Bertz CT molecular complexity index is 502. The number of benzene rings is 1. The van der Waals surface area contributed by atoms with Crippen LogP contribution in [0.5, 0.6) is 5.75 Å². The molecule has 0 radical (unpaired) electrons. The van der Waals surface area contributed by atoms with E-state index in [2.05, 4.69) is 38.2 Å². The highest BCUT2D eigenvalue weighted by Crippen LogP contribution is 2.40. The first-order valence-electron chi connectivity index (χ1n) is 8.01. The SMILES string of the molecule is CCCNC(C#N)(COc1ccccc1C(C)C)C1CC1. The fraction of sp³-hybridized carbons (Fsp3) is 0.611. The van der Waals surface area contributed by atoms with Gasteiger partial charge in [-0.1, -0.05) is 39.0 Å². The predicted molar refractivity (Wildman–Crippen MR) is 85.4 cm³/mol. The number of nitriles is 1. The lowest BCUT2D eigenvalue weighted by Gasteiger charge is -2.28. The van der Waals surface area contributed by atoms with E-state index in [1.165, 1.54) is 5.56 Å². The zero-order valence-corrected chi connectivity index (χ0v) is 13.4. The average Bonchev–Trinajstić information content (AvgIpc) is 3.33. The fourth-order valence-corrected chi connectivity index (χ4v) is 2.68. The number of rotatable bonds is 8. The Labute approximate surface area is 128 Å². The summed E-state index contributed by atoms with van der Waals surface area (Å²) >= 11 is 0. The summed E-state index contributed by atoms with van der Waals surface area (Å²) in [5, 5.41) is 13.1. The van der Waals surface area contributed by atoms with Crippen molar-refractivity contribution < 1.29 is 4.74 Å². The quantitative estimate of drug-likeness (QED) is 0.789. The van der Waals surface area contributed by atoms with Crippen molar-refractivity contribution >= 4 is 0 Å². The van der Waals surface area contributed by atoms with Crippen LogP contribution in [-0.2, 0) is 0 Å². The van der Waals surface area contributed by atoms with E-state index in [-0.39, 0.29) is 0 Å². The van der Waals surface area contributed by atoms with Gasteiger partial charge in [-0.2, -0.15) is 5.26 Å². The molecule has 1 aromatic rings. The Balaban J connectivity index is 2.10. The van der Waals surface area contributed by atoms with Gasteiger partial charge in [0.15, 0.2) is 0 Å². The van der Waals surface area contributed by atoms with E-state index >= 15 is 0 Å². The van der Waals surface area contributed by atoms with E-state index in [4.69, 9.17) is 4.74 Å². The van der Waals surface area contributed by atoms with E-state index in [0.29, 0.717) is 18.4 Å². The first-order chi connectivity index (χ1) is 10.1. The minimum atomic E-state index is -0.528. The van der Waals surface area contributed by atoms with Crippen LogP contribution >= 0.6 is 0 Å². The minimum Gasteiger partial charge on any atom is -0.490 e. The highest BCUT2D eigenvalue weighted by Gasteiger charge is 2.46. The zero-order chi connectivity index (χ0) is 15.3. The average molecular weight is 286 g/mol. The molecule has 1 aliphatic carbocycles. The van der Waals surface area contributed by atoms with Gasteiger partial charge in [-0.25, -0.2) is 0 Å². The van der Waals surface area contributed by atoms with Crippen LogP contribution in [-0.4, -0.2) is 18.7 Å². The lowest BCUT2D eigenvalue weighted by molar-refractivity contribution is 0.200. The van der Waals surface area contributed by atoms with Crippen molar-refractivity contribution in [3.8, 4) is 11.8 Å². The summed E-state index contributed by atoms with van der Waals surface area (Å²) in [6.45, 7) is 7.74. The van der Waals surface area contributed by atoms with Crippen LogP contribution in [0.25, 0.3) is 0 Å². The second kappa shape index (κ2) is 6.95. The number of ether oxygens (including phenoxy) is 1. The molecular weight excluding hydrogens is 260 g/mol. The Morgan fingerprint density at radius 1 is 1.38 bits per heavy atom. The summed E-state index contributed by atoms with van der Waals surface area (Å²) in [5.74, 6) is 1.76. The van der Waals surface area contributed by atoms with E-state index in [1.807, 2.05) is 18.2 Å². The third kappa shape index (κ3) is 3.77. The molecule has 1 aliphatic rings. The molecular formula is C18H26N2O. The normalized spacial score (nSPS) is 17.3. The van der Waals surface area contributed by atoms with Crippen LogP contribution in [0.3, 0.4) is 0 Å². The van der Waals surface area contributed by atoms with Crippen LogP contribution in [0.15, 0.2) is 24.3 Å². The van der Waals surface area contributed by atoms with Crippen LogP contribution < -0.4 is 10.1 Å². The molecule has 2 rings (SSSR count). The second-order valence-corrected chi connectivity index (χ2v) is 6.27. The Morgan fingerprint density at radius 3 is 2.67 bits per heavy atom. The molecule has 1 fully saturated rings. The van der Waals surface area contributed by atoms with Crippen LogP contribution in [0, 0.1) is 17.2 Å². The predicted octanol–water partition coefficient (Wildman–Crippen LogP) is 3.86. The smallest absolute Gasteiger partial charge is 0.143 e. The molecule has 3 heteroatoms. The summed E-state index contributed by atoms with van der Waals surface area (Å²) in [6, 6.07) is 10.6. The van der Waals surface area contributed by atoms with Gasteiger partial charge in [-0.15, -0.1) is 0 Å². The van der Waals surface area contributed by atoms with Crippen molar-refractivity contribution in [3.05, 3.63) is 29.8 Å². The molecule has 0 saturated heterocycles. The Kier molecular flexibility index (Phi) is 5.25. The highest BCUT2D eigenvalue weighted by atomic mass is 16.5. The second-order valence-electron chi connectivity index (χ2n) is 6.27. The molecule has 1 atom stereocenters. The first-order valence-corrected chi connectivity index (χ1v) is 8.01. The molecule has 0 amide bonds. The van der Waals surface area contributed by atoms with Gasteiger partial charge in [0.2, 0.25) is 0 Å². The fourth-order valence-electron chi connectivity index (χ4n) is 2.68. The van der Waals surface area contributed by atoms with Crippen molar-refractivity contribution in [2.45, 2.75) is 51.5 Å². The lowest BCUT2D eigenvalue weighted by Crippen LogP contribution is -2.51. The number of hydrogen-bond donors (Lipinski definition) is 1. The van der Waals surface area contributed by atoms with Gasteiger partial charge in [0.05, 0.1) is 6.07 Å². The molecule has 0 bridgehead atoms. The molecule has 1 N–H and O–H groups in total. The molecule has 0 heterocycles. The molecule has 114 valence electrons. The van der Waals surface area contributed by atoms with Crippen molar-refractivity contribution in [3.63, 3.8) is 0 Å². The number of hydrogen-bond acceptors (Lipinski definition) is 3. The minimum absolute atomic E-state index is 0.419. The largest absolute Gasteiger partial charge is 0.490 e. The van der Waals surface area contributed by atoms with Crippen molar-refractivity contribution in [1.82, 2.24) is 5.32 Å². The van der Waals surface area contributed by atoms with E-state index in [1.54, 1.807) is 0 Å². The highest BCUT2D eigenvalue weighted by molar-refractivity contribution is 5.36. The Morgan fingerprint density at radius 2 is 2.10 bits per heavy atom. The molecule has 1 saturated carbocycles. The molecule has 1 aromatic carbocycles. The van der Waals surface area contributed by atoms with Crippen LogP contribution in [0.1, 0.15) is 51.5 Å². The lowest BCUT2D eigenvalue weighted by atomic mass is 9.95. The van der Waals surface area contributed by atoms with Crippen LogP contribution in [0.2, 0.25) is 0 Å². The van der Waals surface area contributed by atoms with Gasteiger partial charge in [0.25, 0.3) is 0 Å². The standard InChI is InChI=1S/C18H26N2O/c1-4-11-20-18(12-19,15-9-10-15)13-21-17-8-6-5-7-16(17)14(2)3/h5-8,14-15,20H,4,9-11,13H2,1-3H3. The number of para-hydroxylation sites is 1. The van der Waals surface area contributed by atoms with Crippen LogP contribution in [0.4, 0.5) is 0 Å². The van der Waals surface area contributed by atoms with E-state index < -0.39 is 5.54 Å². The molecule has 3 nitrogen and oxygen atoms in total. The van der Waals surface area contributed by atoms with E-state index in [0.717, 1.165) is 31.6 Å². The topological polar surface area (TPSA) is 45.0 Å². The zero-order valence-electron chi connectivity index (χ0n) is 13.4. The van der Waals surface area contributed by atoms with Gasteiger partial charge in [-0.05, 0) is 49.3 Å². The number of nitrogens with one attached hydrogen (secondary N) is 1. The maximum absolute atomic E-state index is 9.68. The van der Waals surface area contributed by atoms with Crippen molar-refractivity contribution in [1.29, 1.82) is 5.26 Å². The number of nitrogens with zero attached hydrogens (tertiary/aromatic N) is 1.